The average molecular weight is 356 g/mol. The number of anilines is 1. The SMILES string of the molecule is C[C@H]1C(=O)N(c2ccc3c(c2)OCO3)CCN1C(=O)c1ccc(F)cc1. The van der Waals surface area contributed by atoms with Gasteiger partial charge in [-0.15, -0.1) is 0 Å². The molecular formula is C19H17FN2O4. The molecule has 0 aromatic heterocycles. The molecule has 2 aliphatic rings. The van der Waals surface area contributed by atoms with E-state index in [4.69, 9.17) is 9.47 Å². The standard InChI is InChI=1S/C19H17FN2O4/c1-12-18(23)22(15-6-7-16-17(10-15)26-11-25-16)9-8-21(12)19(24)13-2-4-14(20)5-3-13/h2-7,10,12H,8-9,11H2,1H3/t12-/m0/s1. The lowest BCUT2D eigenvalue weighted by Crippen LogP contribution is -2.57. The molecule has 7 heteroatoms. The molecule has 1 fully saturated rings. The molecule has 0 aliphatic carbocycles. The molecule has 2 amide bonds. The first-order valence-corrected chi connectivity index (χ1v) is 8.32. The highest BCUT2D eigenvalue weighted by atomic mass is 19.1. The van der Waals surface area contributed by atoms with Crippen molar-refractivity contribution >= 4 is 17.5 Å². The Bertz CT molecular complexity index is 868. The van der Waals surface area contributed by atoms with E-state index in [1.54, 1.807) is 30.0 Å². The van der Waals surface area contributed by atoms with Gasteiger partial charge < -0.3 is 19.3 Å². The number of hydrogen-bond acceptors (Lipinski definition) is 4. The first kappa shape index (κ1) is 16.4. The Hall–Kier alpha value is -3.09. The third-order valence-electron chi connectivity index (χ3n) is 4.68. The van der Waals surface area contributed by atoms with Crippen LogP contribution in [0.3, 0.4) is 0 Å². The normalized spacial score (nSPS) is 19.0. The number of halogens is 1. The molecule has 4 rings (SSSR count). The van der Waals surface area contributed by atoms with Crippen molar-refractivity contribution < 1.29 is 23.5 Å². The summed E-state index contributed by atoms with van der Waals surface area (Å²) in [6, 6.07) is 10.1. The van der Waals surface area contributed by atoms with Crippen molar-refractivity contribution in [3.63, 3.8) is 0 Å². The van der Waals surface area contributed by atoms with Crippen molar-refractivity contribution in [2.75, 3.05) is 24.8 Å². The molecule has 0 N–H and O–H groups in total. The van der Waals surface area contributed by atoms with Crippen molar-refractivity contribution in [1.82, 2.24) is 4.90 Å². The average Bonchev–Trinajstić information content (AvgIpc) is 3.12. The predicted octanol–water partition coefficient (Wildman–Crippen LogP) is 2.43. The Kier molecular flexibility index (Phi) is 3.99. The monoisotopic (exact) mass is 356 g/mol. The Morgan fingerprint density at radius 3 is 2.58 bits per heavy atom. The zero-order valence-electron chi connectivity index (χ0n) is 14.1. The van der Waals surface area contributed by atoms with Crippen LogP contribution in [0.5, 0.6) is 11.5 Å². The first-order chi connectivity index (χ1) is 12.5. The van der Waals surface area contributed by atoms with Gasteiger partial charge in [0.25, 0.3) is 5.91 Å². The maximum absolute atomic E-state index is 13.1. The molecule has 2 aliphatic heterocycles. The summed E-state index contributed by atoms with van der Waals surface area (Å²) in [5.41, 5.74) is 1.07. The number of rotatable bonds is 2. The molecule has 2 aromatic carbocycles. The highest BCUT2D eigenvalue weighted by molar-refractivity contribution is 6.03. The van der Waals surface area contributed by atoms with Crippen LogP contribution in [0.2, 0.25) is 0 Å². The third-order valence-corrected chi connectivity index (χ3v) is 4.68. The molecule has 0 saturated carbocycles. The van der Waals surface area contributed by atoms with Gasteiger partial charge >= 0.3 is 0 Å². The number of amides is 2. The van der Waals surface area contributed by atoms with E-state index in [1.165, 1.54) is 29.2 Å². The van der Waals surface area contributed by atoms with E-state index in [2.05, 4.69) is 0 Å². The highest BCUT2D eigenvalue weighted by Gasteiger charge is 2.35. The number of ether oxygens (including phenoxy) is 2. The molecule has 1 saturated heterocycles. The second kappa shape index (κ2) is 6.33. The van der Waals surface area contributed by atoms with Crippen molar-refractivity contribution in [2.24, 2.45) is 0 Å². The van der Waals surface area contributed by atoms with Crippen LogP contribution in [0.25, 0.3) is 0 Å². The predicted molar refractivity (Wildman–Crippen MR) is 91.8 cm³/mol. The largest absolute Gasteiger partial charge is 0.454 e. The van der Waals surface area contributed by atoms with E-state index >= 15 is 0 Å². The van der Waals surface area contributed by atoms with Crippen LogP contribution in [0.15, 0.2) is 42.5 Å². The van der Waals surface area contributed by atoms with Gasteiger partial charge in [-0.2, -0.15) is 0 Å². The van der Waals surface area contributed by atoms with Crippen LogP contribution in [0.1, 0.15) is 17.3 Å². The van der Waals surface area contributed by atoms with E-state index in [0.717, 1.165) is 0 Å². The van der Waals surface area contributed by atoms with Gasteiger partial charge in [0.1, 0.15) is 11.9 Å². The van der Waals surface area contributed by atoms with E-state index in [1.807, 2.05) is 0 Å². The van der Waals surface area contributed by atoms with Crippen LogP contribution in [-0.2, 0) is 4.79 Å². The third kappa shape index (κ3) is 2.75. The molecule has 0 unspecified atom stereocenters. The van der Waals surface area contributed by atoms with Gasteiger partial charge in [-0.3, -0.25) is 9.59 Å². The van der Waals surface area contributed by atoms with Crippen LogP contribution in [0.4, 0.5) is 10.1 Å². The lowest BCUT2D eigenvalue weighted by Gasteiger charge is -2.39. The molecule has 6 nitrogen and oxygen atoms in total. The van der Waals surface area contributed by atoms with Crippen molar-refractivity contribution in [2.45, 2.75) is 13.0 Å². The summed E-state index contributed by atoms with van der Waals surface area (Å²) in [5.74, 6) is 0.396. The van der Waals surface area contributed by atoms with Gasteiger partial charge in [0.2, 0.25) is 12.7 Å². The Labute approximate surface area is 149 Å². The van der Waals surface area contributed by atoms with Crippen molar-refractivity contribution in [1.29, 1.82) is 0 Å². The van der Waals surface area contributed by atoms with E-state index in [9.17, 15) is 14.0 Å². The molecule has 26 heavy (non-hydrogen) atoms. The quantitative estimate of drug-likeness (QED) is 0.829. The molecule has 134 valence electrons. The number of fused-ring (bicyclic) bond motifs is 1. The first-order valence-electron chi connectivity index (χ1n) is 8.32. The summed E-state index contributed by atoms with van der Waals surface area (Å²) in [6.45, 7) is 2.62. The molecule has 2 aromatic rings. The van der Waals surface area contributed by atoms with E-state index in [-0.39, 0.29) is 18.6 Å². The minimum absolute atomic E-state index is 0.170. The molecule has 1 atom stereocenters. The van der Waals surface area contributed by atoms with Crippen LogP contribution in [-0.4, -0.2) is 42.6 Å². The van der Waals surface area contributed by atoms with Crippen LogP contribution >= 0.6 is 0 Å². The fourth-order valence-corrected chi connectivity index (χ4v) is 3.22. The van der Waals surface area contributed by atoms with Gasteiger partial charge in [-0.1, -0.05) is 0 Å². The minimum Gasteiger partial charge on any atom is -0.454 e. The number of hydrogen-bond donors (Lipinski definition) is 0. The molecule has 2 heterocycles. The van der Waals surface area contributed by atoms with Gasteiger partial charge in [-0.05, 0) is 43.3 Å². The van der Waals surface area contributed by atoms with Gasteiger partial charge in [0, 0.05) is 30.4 Å². The topological polar surface area (TPSA) is 59.1 Å². The Morgan fingerprint density at radius 2 is 1.81 bits per heavy atom. The Balaban J connectivity index is 1.53. The smallest absolute Gasteiger partial charge is 0.254 e. The van der Waals surface area contributed by atoms with Crippen molar-refractivity contribution in [3.8, 4) is 11.5 Å². The summed E-state index contributed by atoms with van der Waals surface area (Å²) in [6.07, 6.45) is 0. The van der Waals surface area contributed by atoms with Crippen molar-refractivity contribution in [3.05, 3.63) is 53.8 Å². The van der Waals surface area contributed by atoms with Gasteiger partial charge in [-0.25, -0.2) is 4.39 Å². The van der Waals surface area contributed by atoms with E-state index in [0.29, 0.717) is 35.8 Å². The summed E-state index contributed by atoms with van der Waals surface area (Å²) in [7, 11) is 0. The highest BCUT2D eigenvalue weighted by Crippen LogP contribution is 2.36. The minimum atomic E-state index is -0.619. The summed E-state index contributed by atoms with van der Waals surface area (Å²) in [5, 5.41) is 0. The fraction of sp³-hybridized carbons (Fsp3) is 0.263. The molecule has 0 bridgehead atoms. The number of carbonyl (C=O) groups excluding carboxylic acids is 2. The maximum Gasteiger partial charge on any atom is 0.254 e. The lowest BCUT2D eigenvalue weighted by atomic mass is 10.1. The molecule has 0 spiro atoms. The van der Waals surface area contributed by atoms with Crippen LogP contribution < -0.4 is 14.4 Å². The molecular weight excluding hydrogens is 339 g/mol. The van der Waals surface area contributed by atoms with E-state index < -0.39 is 11.9 Å². The lowest BCUT2D eigenvalue weighted by molar-refractivity contribution is -0.124. The summed E-state index contributed by atoms with van der Waals surface area (Å²) in [4.78, 5) is 28.6. The Morgan fingerprint density at radius 1 is 1.08 bits per heavy atom. The summed E-state index contributed by atoms with van der Waals surface area (Å²) >= 11 is 0. The number of carbonyl (C=O) groups is 2. The van der Waals surface area contributed by atoms with Gasteiger partial charge in [0.15, 0.2) is 11.5 Å². The maximum atomic E-state index is 13.1. The molecule has 0 radical (unpaired) electrons. The number of piperazine rings is 1. The second-order valence-corrected chi connectivity index (χ2v) is 6.21. The van der Waals surface area contributed by atoms with Crippen LogP contribution in [0, 0.1) is 5.82 Å². The number of benzene rings is 2. The zero-order valence-corrected chi connectivity index (χ0v) is 14.1. The fourth-order valence-electron chi connectivity index (χ4n) is 3.22. The zero-order chi connectivity index (χ0) is 18.3. The van der Waals surface area contributed by atoms with Gasteiger partial charge in [0.05, 0.1) is 0 Å². The summed E-state index contributed by atoms with van der Waals surface area (Å²) < 4.78 is 23.7. The number of nitrogens with zero attached hydrogens (tertiary/aromatic N) is 2. The second-order valence-electron chi connectivity index (χ2n) is 6.21.